The number of ether oxygens (including phenoxy) is 1. The highest BCUT2D eigenvalue weighted by atomic mass is 32.1. The van der Waals surface area contributed by atoms with Gasteiger partial charge < -0.3 is 15.6 Å². The lowest BCUT2D eigenvalue weighted by molar-refractivity contribution is -0.123. The van der Waals surface area contributed by atoms with Crippen molar-refractivity contribution in [3.8, 4) is 0 Å². The van der Waals surface area contributed by atoms with Crippen LogP contribution < -0.4 is 5.73 Å². The summed E-state index contributed by atoms with van der Waals surface area (Å²) in [5.41, 5.74) is 5.23. The molecule has 0 saturated heterocycles. The van der Waals surface area contributed by atoms with Gasteiger partial charge in [-0.05, 0) is 0 Å². The number of hydrogen-bond acceptors (Lipinski definition) is 6. The van der Waals surface area contributed by atoms with E-state index in [2.05, 4.69) is 4.98 Å². The molecular weight excluding hydrogens is 192 g/mol. The number of carbonyl (C=O) groups excluding carboxylic acids is 1. The number of aliphatic hydroxyl groups is 1. The molecule has 13 heavy (non-hydrogen) atoms. The van der Waals surface area contributed by atoms with Gasteiger partial charge in [0, 0.05) is 11.6 Å². The van der Waals surface area contributed by atoms with Gasteiger partial charge in [-0.2, -0.15) is 0 Å². The summed E-state index contributed by atoms with van der Waals surface area (Å²) in [5.74, 6) is -1.28. The van der Waals surface area contributed by atoms with Gasteiger partial charge in [0.1, 0.15) is 5.01 Å². The number of ketones is 1. The molecule has 0 fully saturated rings. The first kappa shape index (κ1) is 8.06. The molecule has 1 aliphatic heterocycles. The summed E-state index contributed by atoms with van der Waals surface area (Å²) in [4.78, 5) is 15.2. The van der Waals surface area contributed by atoms with Crippen LogP contribution in [0.15, 0.2) is 23.2 Å². The van der Waals surface area contributed by atoms with Gasteiger partial charge in [-0.25, -0.2) is 4.98 Å². The van der Waals surface area contributed by atoms with Crippen LogP contribution in [0.5, 0.6) is 0 Å². The Morgan fingerprint density at radius 1 is 1.69 bits per heavy atom. The largest absolute Gasteiger partial charge is 0.501 e. The van der Waals surface area contributed by atoms with Crippen molar-refractivity contribution in [1.29, 1.82) is 0 Å². The molecule has 6 heteroatoms. The van der Waals surface area contributed by atoms with Gasteiger partial charge in [-0.15, -0.1) is 11.3 Å². The van der Waals surface area contributed by atoms with E-state index in [0.717, 1.165) is 0 Å². The van der Waals surface area contributed by atoms with Crippen LogP contribution in [0.4, 0.5) is 0 Å². The number of rotatable bonds is 1. The van der Waals surface area contributed by atoms with E-state index in [4.69, 9.17) is 15.6 Å². The standard InChI is InChI=1S/C7H6N2O3S/c8-6-4(11)3(10)5(12-6)7-9-1-2-13-7/h1-2,5,11H,8H2. The van der Waals surface area contributed by atoms with Crippen molar-refractivity contribution in [2.24, 2.45) is 5.73 Å². The Morgan fingerprint density at radius 3 is 2.92 bits per heavy atom. The molecule has 0 bridgehead atoms. The van der Waals surface area contributed by atoms with Crippen molar-refractivity contribution in [2.75, 3.05) is 0 Å². The molecule has 0 aliphatic carbocycles. The Balaban J connectivity index is 2.29. The molecule has 2 rings (SSSR count). The summed E-state index contributed by atoms with van der Waals surface area (Å²) >= 11 is 1.28. The molecule has 1 aliphatic rings. The van der Waals surface area contributed by atoms with E-state index in [9.17, 15) is 4.79 Å². The van der Waals surface area contributed by atoms with E-state index in [1.54, 1.807) is 11.6 Å². The summed E-state index contributed by atoms with van der Waals surface area (Å²) in [6, 6.07) is 0. The number of hydrogen-bond donors (Lipinski definition) is 2. The number of Topliss-reactive ketones (excluding diaryl/α,β-unsaturated/α-hetero) is 1. The predicted molar refractivity (Wildman–Crippen MR) is 44.8 cm³/mol. The lowest BCUT2D eigenvalue weighted by atomic mass is 10.2. The smallest absolute Gasteiger partial charge is 0.250 e. The molecule has 3 N–H and O–H groups in total. The number of nitrogens with zero attached hydrogens (tertiary/aromatic N) is 1. The maximum absolute atomic E-state index is 11.3. The maximum atomic E-state index is 11.3. The summed E-state index contributed by atoms with van der Waals surface area (Å²) in [6.07, 6.45) is 0.697. The van der Waals surface area contributed by atoms with Crippen molar-refractivity contribution >= 4 is 17.1 Å². The molecule has 2 heterocycles. The van der Waals surface area contributed by atoms with Crippen molar-refractivity contribution in [2.45, 2.75) is 6.10 Å². The Hall–Kier alpha value is -1.56. The average Bonchev–Trinajstić information content (AvgIpc) is 2.70. The highest BCUT2D eigenvalue weighted by Crippen LogP contribution is 2.30. The van der Waals surface area contributed by atoms with Crippen LogP contribution in [-0.2, 0) is 9.53 Å². The molecule has 0 amide bonds. The predicted octanol–water partition coefficient (Wildman–Crippen LogP) is 0.469. The van der Waals surface area contributed by atoms with Crippen molar-refractivity contribution < 1.29 is 14.6 Å². The third kappa shape index (κ3) is 1.15. The molecule has 0 radical (unpaired) electrons. The van der Waals surface area contributed by atoms with E-state index in [-0.39, 0.29) is 5.88 Å². The zero-order valence-electron chi connectivity index (χ0n) is 6.43. The first-order valence-corrected chi connectivity index (χ1v) is 4.37. The fourth-order valence-electron chi connectivity index (χ4n) is 1.01. The zero-order chi connectivity index (χ0) is 9.42. The molecule has 1 atom stereocenters. The second-order valence-electron chi connectivity index (χ2n) is 2.45. The first-order valence-electron chi connectivity index (χ1n) is 3.49. The number of carbonyl (C=O) groups is 1. The third-order valence-electron chi connectivity index (χ3n) is 1.63. The van der Waals surface area contributed by atoms with Crippen LogP contribution in [0, 0.1) is 0 Å². The molecule has 0 aromatic carbocycles. The fourth-order valence-corrected chi connectivity index (χ4v) is 1.67. The number of thiazole rings is 1. The maximum Gasteiger partial charge on any atom is 0.250 e. The van der Waals surface area contributed by atoms with Crippen LogP contribution >= 0.6 is 11.3 Å². The van der Waals surface area contributed by atoms with Crippen LogP contribution in [0.3, 0.4) is 0 Å². The van der Waals surface area contributed by atoms with Crippen LogP contribution in [0.2, 0.25) is 0 Å². The Morgan fingerprint density at radius 2 is 2.46 bits per heavy atom. The van der Waals surface area contributed by atoms with E-state index in [1.807, 2.05) is 0 Å². The second-order valence-corrected chi connectivity index (χ2v) is 3.37. The van der Waals surface area contributed by atoms with E-state index in [1.165, 1.54) is 11.3 Å². The topological polar surface area (TPSA) is 85.4 Å². The Labute approximate surface area is 77.5 Å². The van der Waals surface area contributed by atoms with Crippen LogP contribution in [0.25, 0.3) is 0 Å². The normalized spacial score (nSPS) is 22.2. The van der Waals surface area contributed by atoms with Gasteiger partial charge >= 0.3 is 0 Å². The molecule has 1 aromatic heterocycles. The highest BCUT2D eigenvalue weighted by molar-refractivity contribution is 7.09. The van der Waals surface area contributed by atoms with Crippen LogP contribution in [0.1, 0.15) is 11.1 Å². The monoisotopic (exact) mass is 198 g/mol. The van der Waals surface area contributed by atoms with Gasteiger partial charge in [0.25, 0.3) is 0 Å². The van der Waals surface area contributed by atoms with Crippen molar-refractivity contribution in [3.05, 3.63) is 28.2 Å². The number of aliphatic hydroxyl groups excluding tert-OH is 1. The van der Waals surface area contributed by atoms with E-state index in [0.29, 0.717) is 5.01 Å². The molecule has 1 unspecified atom stereocenters. The van der Waals surface area contributed by atoms with Gasteiger partial charge in [0.05, 0.1) is 0 Å². The summed E-state index contributed by atoms with van der Waals surface area (Å²) in [5, 5.41) is 11.3. The minimum atomic E-state index is -0.861. The lowest BCUT2D eigenvalue weighted by Gasteiger charge is -2.04. The van der Waals surface area contributed by atoms with Crippen molar-refractivity contribution in [1.82, 2.24) is 4.98 Å². The van der Waals surface area contributed by atoms with Gasteiger partial charge in [0.2, 0.25) is 23.5 Å². The first-order chi connectivity index (χ1) is 6.20. The molecule has 5 nitrogen and oxygen atoms in total. The van der Waals surface area contributed by atoms with Gasteiger partial charge in [-0.1, -0.05) is 0 Å². The lowest BCUT2D eigenvalue weighted by Crippen LogP contribution is -2.09. The second kappa shape index (κ2) is 2.74. The molecule has 68 valence electrons. The quantitative estimate of drug-likeness (QED) is 0.685. The number of aromatic nitrogens is 1. The highest BCUT2D eigenvalue weighted by Gasteiger charge is 2.36. The van der Waals surface area contributed by atoms with Crippen molar-refractivity contribution in [3.63, 3.8) is 0 Å². The Kier molecular flexibility index (Phi) is 1.70. The third-order valence-corrected chi connectivity index (χ3v) is 2.44. The SMILES string of the molecule is NC1=C(O)C(=O)C(c2nccs2)O1. The zero-order valence-corrected chi connectivity index (χ0v) is 7.25. The van der Waals surface area contributed by atoms with E-state index < -0.39 is 17.6 Å². The molecule has 1 aromatic rings. The molecular formula is C7H6N2O3S. The average molecular weight is 198 g/mol. The summed E-state index contributed by atoms with van der Waals surface area (Å²) < 4.78 is 4.94. The number of nitrogens with two attached hydrogens (primary N) is 1. The molecule has 0 saturated carbocycles. The summed E-state index contributed by atoms with van der Waals surface area (Å²) in [7, 11) is 0. The van der Waals surface area contributed by atoms with E-state index >= 15 is 0 Å². The van der Waals surface area contributed by atoms with Gasteiger partial charge in [-0.3, -0.25) is 4.79 Å². The van der Waals surface area contributed by atoms with Gasteiger partial charge in [0.15, 0.2) is 0 Å². The minimum absolute atomic E-state index is 0.231. The Bertz CT molecular complexity index is 371. The minimum Gasteiger partial charge on any atom is -0.501 e. The fraction of sp³-hybridized carbons (Fsp3) is 0.143. The van der Waals surface area contributed by atoms with Crippen LogP contribution in [-0.4, -0.2) is 15.9 Å². The molecule has 0 spiro atoms. The summed E-state index contributed by atoms with van der Waals surface area (Å²) in [6.45, 7) is 0.